The molecule has 3 amide bonds. The van der Waals surface area contributed by atoms with Crippen LogP contribution in [0, 0.1) is 11.8 Å². The number of nitrogens with one attached hydrogen (secondary N) is 3. The zero-order valence-electron chi connectivity index (χ0n) is 20.2. The molecule has 190 valence electrons. The summed E-state index contributed by atoms with van der Waals surface area (Å²) in [5, 5.41) is 18.2. The van der Waals surface area contributed by atoms with E-state index in [-0.39, 0.29) is 0 Å². The Hall–Kier alpha value is -3.73. The second-order valence-corrected chi connectivity index (χ2v) is 8.57. The molecule has 2 heterocycles. The summed E-state index contributed by atoms with van der Waals surface area (Å²) in [6.45, 7) is 9.12. The van der Waals surface area contributed by atoms with Crippen molar-refractivity contribution in [1.29, 1.82) is 0 Å². The van der Waals surface area contributed by atoms with Crippen molar-refractivity contribution in [3.05, 3.63) is 36.5 Å². The van der Waals surface area contributed by atoms with Crippen LogP contribution in [-0.2, 0) is 19.2 Å². The smallest absolute Gasteiger partial charge is 0.394 e. The van der Waals surface area contributed by atoms with Crippen LogP contribution < -0.4 is 15.4 Å². The summed E-state index contributed by atoms with van der Waals surface area (Å²) in [6.07, 6.45) is 4.22. The highest BCUT2D eigenvalue weighted by Gasteiger charge is 2.21. The van der Waals surface area contributed by atoms with Gasteiger partial charge >= 0.3 is 23.7 Å². The fourth-order valence-corrected chi connectivity index (χ4v) is 3.93. The number of likely N-dealkylation sites (N-methyl/N-ethyl adjacent to an activating group) is 1. The Kier molecular flexibility index (Phi) is 10.9. The molecule has 1 saturated heterocycles. The predicted octanol–water partition coefficient (Wildman–Crippen LogP) is 1.28. The zero-order valence-corrected chi connectivity index (χ0v) is 20.2. The van der Waals surface area contributed by atoms with Gasteiger partial charge < -0.3 is 20.1 Å². The summed E-state index contributed by atoms with van der Waals surface area (Å²) in [6, 6.07) is 10.2. The molecule has 1 aliphatic heterocycles. The minimum Gasteiger partial charge on any atom is -0.494 e. The van der Waals surface area contributed by atoms with Crippen LogP contribution in [0.2, 0.25) is 0 Å². The van der Waals surface area contributed by atoms with Crippen molar-refractivity contribution in [2.75, 3.05) is 33.3 Å². The molecule has 0 radical (unpaired) electrons. The molecule has 1 aliphatic rings. The molecule has 0 saturated carbocycles. The maximum Gasteiger partial charge on any atom is 0.394 e. The van der Waals surface area contributed by atoms with Gasteiger partial charge in [-0.15, -0.1) is 0 Å². The number of ether oxygens (including phenoxy) is 1. The molecule has 2 aromatic rings. The standard InChI is InChI=1S/C19H27N3O.C5H6N2O5/c1-15-12-16(2)14-22(13-15)10-3-11-23-18-6-4-17(5-7-18)19-8-9-20-21-19;1-6-2(8)3(9)7-4(10)5(11)12/h4-9,15-16H,3,10-14H2,1-2H3,(H,20,21);1H3,(H,6,8)(H,11,12)(H,7,9,10)/t15-,16?;/m1./s1. The minimum atomic E-state index is -1.83. The number of carbonyl (C=O) groups excluding carboxylic acids is 3. The number of likely N-dealkylation sites (tertiary alicyclic amines) is 1. The number of imide groups is 1. The Bertz CT molecular complexity index is 967. The van der Waals surface area contributed by atoms with Crippen molar-refractivity contribution in [3.63, 3.8) is 0 Å². The van der Waals surface area contributed by atoms with E-state index in [0.29, 0.717) is 0 Å². The first-order valence-electron chi connectivity index (χ1n) is 11.4. The number of carboxylic acids is 1. The predicted molar refractivity (Wildman–Crippen MR) is 128 cm³/mol. The summed E-state index contributed by atoms with van der Waals surface area (Å²) in [5.74, 6) is -3.15. The van der Waals surface area contributed by atoms with Gasteiger partial charge in [-0.1, -0.05) is 13.8 Å². The topological polar surface area (TPSA) is 154 Å². The molecule has 3 rings (SSSR count). The molecule has 1 aromatic carbocycles. The number of aliphatic carboxylic acids is 1. The number of benzene rings is 1. The van der Waals surface area contributed by atoms with Crippen molar-refractivity contribution in [3.8, 4) is 17.0 Å². The van der Waals surface area contributed by atoms with E-state index in [1.807, 2.05) is 23.5 Å². The average Bonchev–Trinajstić information content (AvgIpc) is 3.36. The van der Waals surface area contributed by atoms with Crippen LogP contribution in [0.4, 0.5) is 0 Å². The van der Waals surface area contributed by atoms with Crippen LogP contribution >= 0.6 is 0 Å². The fourth-order valence-electron chi connectivity index (χ4n) is 3.93. The molecule has 35 heavy (non-hydrogen) atoms. The van der Waals surface area contributed by atoms with Crippen molar-refractivity contribution < 1.29 is 29.0 Å². The Morgan fingerprint density at radius 3 is 2.26 bits per heavy atom. The molecule has 11 heteroatoms. The van der Waals surface area contributed by atoms with Gasteiger partial charge in [-0.3, -0.25) is 24.8 Å². The van der Waals surface area contributed by atoms with Gasteiger partial charge in [0.25, 0.3) is 0 Å². The van der Waals surface area contributed by atoms with Gasteiger partial charge in [0.15, 0.2) is 0 Å². The van der Waals surface area contributed by atoms with E-state index in [0.717, 1.165) is 48.4 Å². The normalized spacial score (nSPS) is 17.5. The number of amides is 3. The second kappa shape index (κ2) is 13.9. The number of nitrogens with zero attached hydrogens (tertiary/aromatic N) is 2. The number of piperidine rings is 1. The van der Waals surface area contributed by atoms with E-state index in [9.17, 15) is 19.2 Å². The first-order chi connectivity index (χ1) is 16.7. The molecular formula is C24H33N5O6. The Morgan fingerprint density at radius 2 is 1.71 bits per heavy atom. The summed E-state index contributed by atoms with van der Waals surface area (Å²) >= 11 is 0. The largest absolute Gasteiger partial charge is 0.494 e. The number of rotatable bonds is 6. The molecule has 1 unspecified atom stereocenters. The molecule has 1 aromatic heterocycles. The van der Waals surface area contributed by atoms with Gasteiger partial charge in [-0.2, -0.15) is 5.10 Å². The SMILES string of the molecule is CC1C[C@@H](C)CN(CCCOc2ccc(-c3ccn[nH]3)cc2)C1.CNC(=O)C(=O)NC(=O)C(=O)O. The minimum absolute atomic E-state index is 0.780. The van der Waals surface area contributed by atoms with Crippen LogP contribution in [0.15, 0.2) is 36.5 Å². The second-order valence-electron chi connectivity index (χ2n) is 8.57. The van der Waals surface area contributed by atoms with E-state index in [1.165, 1.54) is 31.9 Å². The van der Waals surface area contributed by atoms with Crippen molar-refractivity contribution >= 4 is 23.7 Å². The van der Waals surface area contributed by atoms with Crippen LogP contribution in [-0.4, -0.2) is 77.2 Å². The number of carbonyl (C=O) groups is 4. The van der Waals surface area contributed by atoms with E-state index < -0.39 is 23.7 Å². The highest BCUT2D eigenvalue weighted by Crippen LogP contribution is 2.22. The fraction of sp³-hybridized carbons (Fsp3) is 0.458. The van der Waals surface area contributed by atoms with E-state index >= 15 is 0 Å². The van der Waals surface area contributed by atoms with E-state index in [2.05, 4.69) is 41.1 Å². The third-order valence-electron chi connectivity index (χ3n) is 5.35. The van der Waals surface area contributed by atoms with E-state index in [4.69, 9.17) is 9.84 Å². The summed E-state index contributed by atoms with van der Waals surface area (Å²) in [7, 11) is 1.17. The van der Waals surface area contributed by atoms with Crippen LogP contribution in [0.1, 0.15) is 26.7 Å². The van der Waals surface area contributed by atoms with Crippen molar-refractivity contribution in [2.24, 2.45) is 11.8 Å². The lowest BCUT2D eigenvalue weighted by Gasteiger charge is -2.34. The number of hydrogen-bond acceptors (Lipinski definition) is 7. The Labute approximate surface area is 204 Å². The van der Waals surface area contributed by atoms with E-state index in [1.54, 1.807) is 6.20 Å². The molecular weight excluding hydrogens is 454 g/mol. The maximum absolute atomic E-state index is 10.5. The lowest BCUT2D eigenvalue weighted by Crippen LogP contribution is -2.43. The zero-order chi connectivity index (χ0) is 25.8. The summed E-state index contributed by atoms with van der Waals surface area (Å²) < 4.78 is 5.87. The van der Waals surface area contributed by atoms with Gasteiger partial charge in [-0.25, -0.2) is 4.79 Å². The van der Waals surface area contributed by atoms with Gasteiger partial charge in [0.05, 0.1) is 12.3 Å². The summed E-state index contributed by atoms with van der Waals surface area (Å²) in [4.78, 5) is 43.6. The molecule has 1 fully saturated rings. The lowest BCUT2D eigenvalue weighted by molar-refractivity contribution is -0.153. The van der Waals surface area contributed by atoms with Gasteiger partial charge in [0, 0.05) is 32.9 Å². The highest BCUT2D eigenvalue weighted by atomic mass is 16.5. The van der Waals surface area contributed by atoms with Crippen LogP contribution in [0.25, 0.3) is 11.3 Å². The monoisotopic (exact) mass is 487 g/mol. The number of aromatic amines is 1. The van der Waals surface area contributed by atoms with Crippen molar-refractivity contribution in [1.82, 2.24) is 25.7 Å². The molecule has 0 aliphatic carbocycles. The van der Waals surface area contributed by atoms with Crippen LogP contribution in [0.3, 0.4) is 0 Å². The first-order valence-corrected chi connectivity index (χ1v) is 11.4. The molecule has 2 atom stereocenters. The quantitative estimate of drug-likeness (QED) is 0.351. The number of H-pyrrole nitrogens is 1. The molecule has 11 nitrogen and oxygen atoms in total. The van der Waals surface area contributed by atoms with Crippen molar-refractivity contribution in [2.45, 2.75) is 26.7 Å². The van der Waals surface area contributed by atoms with Crippen LogP contribution in [0.5, 0.6) is 5.75 Å². The van der Waals surface area contributed by atoms with Gasteiger partial charge in [-0.05, 0) is 60.6 Å². The molecule has 0 spiro atoms. The average molecular weight is 488 g/mol. The lowest BCUT2D eigenvalue weighted by atomic mass is 9.92. The third kappa shape index (κ3) is 9.57. The third-order valence-corrected chi connectivity index (χ3v) is 5.35. The highest BCUT2D eigenvalue weighted by molar-refractivity contribution is 6.44. The number of hydrogen-bond donors (Lipinski definition) is 4. The first kappa shape index (κ1) is 27.5. The number of carboxylic acid groups (broad SMARTS) is 1. The van der Waals surface area contributed by atoms with Gasteiger partial charge in [0.1, 0.15) is 5.75 Å². The maximum atomic E-state index is 10.5. The Balaban J connectivity index is 0.000000307. The molecule has 0 bridgehead atoms. The molecule has 4 N–H and O–H groups in total. The van der Waals surface area contributed by atoms with Gasteiger partial charge in [0.2, 0.25) is 0 Å². The summed E-state index contributed by atoms with van der Waals surface area (Å²) in [5.41, 5.74) is 2.16. The Morgan fingerprint density at radius 1 is 1.06 bits per heavy atom. The number of aromatic nitrogens is 2.